The minimum atomic E-state index is -0.0394. The van der Waals surface area contributed by atoms with E-state index in [1.165, 1.54) is 12.1 Å². The average Bonchev–Trinajstić information content (AvgIpc) is 2.71. The molecule has 4 nitrogen and oxygen atoms in total. The third-order valence-electron chi connectivity index (χ3n) is 2.22. The lowest BCUT2D eigenvalue weighted by molar-refractivity contribution is 0.0726. The number of phenolic OH excluding ortho intramolecular Hbond substituents is 1. The molecule has 4 heteroatoms. The molecular formula is C10H12N2O2. The predicted molar refractivity (Wildman–Crippen MR) is 51.8 cm³/mol. The van der Waals surface area contributed by atoms with Crippen LogP contribution < -0.4 is 5.43 Å². The molecule has 0 spiro atoms. The molecule has 0 saturated carbocycles. The first-order valence-corrected chi connectivity index (χ1v) is 4.62. The second kappa shape index (κ2) is 3.67. The summed E-state index contributed by atoms with van der Waals surface area (Å²) in [6.07, 6.45) is 0.990. The number of rotatable bonds is 1. The Morgan fingerprint density at radius 1 is 1.36 bits per heavy atom. The summed E-state index contributed by atoms with van der Waals surface area (Å²) in [5.74, 6) is 0.137. The Balaban J connectivity index is 2.14. The van der Waals surface area contributed by atoms with Gasteiger partial charge in [-0.1, -0.05) is 0 Å². The maximum Gasteiger partial charge on any atom is 0.267 e. The topological polar surface area (TPSA) is 52.6 Å². The zero-order valence-corrected chi connectivity index (χ0v) is 7.73. The Morgan fingerprint density at radius 2 is 2.07 bits per heavy atom. The molecule has 1 aromatic carbocycles. The Kier molecular flexibility index (Phi) is 2.37. The first-order valence-electron chi connectivity index (χ1n) is 4.62. The summed E-state index contributed by atoms with van der Waals surface area (Å²) in [4.78, 5) is 11.7. The first-order chi connectivity index (χ1) is 6.77. The number of aromatic hydroxyl groups is 1. The molecule has 0 unspecified atom stereocenters. The standard InChI is InChI=1S/C10H12N2O2/c13-9-4-2-8(3-5-9)10(14)12-7-1-6-11-12/h2-5,11,13H,1,6-7H2. The molecule has 1 heterocycles. The van der Waals surface area contributed by atoms with Crippen molar-refractivity contribution in [3.63, 3.8) is 0 Å². The molecule has 1 aliphatic heterocycles. The molecule has 74 valence electrons. The number of hydrogen-bond acceptors (Lipinski definition) is 3. The van der Waals surface area contributed by atoms with Crippen LogP contribution in [0.25, 0.3) is 0 Å². The van der Waals surface area contributed by atoms with Crippen molar-refractivity contribution in [2.24, 2.45) is 0 Å². The molecule has 2 N–H and O–H groups in total. The van der Waals surface area contributed by atoms with Crippen molar-refractivity contribution in [1.82, 2.24) is 10.4 Å². The lowest BCUT2D eigenvalue weighted by Gasteiger charge is -2.15. The van der Waals surface area contributed by atoms with Gasteiger partial charge in [0.05, 0.1) is 0 Å². The van der Waals surface area contributed by atoms with E-state index in [9.17, 15) is 4.79 Å². The van der Waals surface area contributed by atoms with Gasteiger partial charge >= 0.3 is 0 Å². The summed E-state index contributed by atoms with van der Waals surface area (Å²) in [7, 11) is 0. The van der Waals surface area contributed by atoms with E-state index < -0.39 is 0 Å². The van der Waals surface area contributed by atoms with Gasteiger partial charge < -0.3 is 5.11 Å². The fourth-order valence-corrected chi connectivity index (χ4v) is 1.46. The van der Waals surface area contributed by atoms with Crippen LogP contribution in [0.15, 0.2) is 24.3 Å². The lowest BCUT2D eigenvalue weighted by atomic mass is 10.2. The second-order valence-electron chi connectivity index (χ2n) is 3.27. The van der Waals surface area contributed by atoms with E-state index in [2.05, 4.69) is 5.43 Å². The van der Waals surface area contributed by atoms with Crippen LogP contribution in [0.4, 0.5) is 0 Å². The van der Waals surface area contributed by atoms with Gasteiger partial charge in [0.25, 0.3) is 5.91 Å². The minimum Gasteiger partial charge on any atom is -0.508 e. The second-order valence-corrected chi connectivity index (χ2v) is 3.27. The van der Waals surface area contributed by atoms with Crippen molar-refractivity contribution in [3.05, 3.63) is 29.8 Å². The lowest BCUT2D eigenvalue weighted by Crippen LogP contribution is -2.36. The van der Waals surface area contributed by atoms with Crippen molar-refractivity contribution in [2.45, 2.75) is 6.42 Å². The van der Waals surface area contributed by atoms with Crippen molar-refractivity contribution in [3.8, 4) is 5.75 Å². The third kappa shape index (κ3) is 1.70. The van der Waals surface area contributed by atoms with Gasteiger partial charge in [0, 0.05) is 18.7 Å². The molecule has 0 bridgehead atoms. The smallest absolute Gasteiger partial charge is 0.267 e. The van der Waals surface area contributed by atoms with Crippen molar-refractivity contribution in [1.29, 1.82) is 0 Å². The summed E-state index contributed by atoms with van der Waals surface area (Å²) in [6.45, 7) is 1.60. The number of carbonyl (C=O) groups is 1. The normalized spacial score (nSPS) is 15.9. The van der Waals surface area contributed by atoms with Crippen LogP contribution in [-0.2, 0) is 0 Å². The van der Waals surface area contributed by atoms with Crippen molar-refractivity contribution in [2.75, 3.05) is 13.1 Å². The first kappa shape index (κ1) is 9.02. The van der Waals surface area contributed by atoms with Crippen LogP contribution in [0.2, 0.25) is 0 Å². The number of nitrogens with zero attached hydrogens (tertiary/aromatic N) is 1. The monoisotopic (exact) mass is 192 g/mol. The van der Waals surface area contributed by atoms with Gasteiger partial charge in [-0.2, -0.15) is 0 Å². The van der Waals surface area contributed by atoms with E-state index in [0.29, 0.717) is 5.56 Å². The molecule has 0 atom stereocenters. The van der Waals surface area contributed by atoms with Crippen molar-refractivity contribution < 1.29 is 9.90 Å². The molecule has 1 aromatic rings. The quantitative estimate of drug-likeness (QED) is 0.690. The molecule has 1 amide bonds. The maximum absolute atomic E-state index is 11.7. The fraction of sp³-hybridized carbons (Fsp3) is 0.300. The van der Waals surface area contributed by atoms with Crippen LogP contribution in [0, 0.1) is 0 Å². The predicted octanol–water partition coefficient (Wildman–Crippen LogP) is 0.743. The highest BCUT2D eigenvalue weighted by Gasteiger charge is 2.18. The summed E-state index contributed by atoms with van der Waals surface area (Å²) in [6, 6.07) is 6.28. The summed E-state index contributed by atoms with van der Waals surface area (Å²) >= 11 is 0. The highest BCUT2D eigenvalue weighted by Crippen LogP contribution is 2.12. The number of hydrazine groups is 1. The molecule has 0 aromatic heterocycles. The van der Waals surface area contributed by atoms with E-state index in [4.69, 9.17) is 5.11 Å². The number of amides is 1. The Hall–Kier alpha value is -1.55. The SMILES string of the molecule is O=C(c1ccc(O)cc1)N1CCCN1. The number of benzene rings is 1. The van der Waals surface area contributed by atoms with Gasteiger partial charge in [-0.25, -0.2) is 5.43 Å². The van der Waals surface area contributed by atoms with Crippen LogP contribution in [-0.4, -0.2) is 29.1 Å². The van der Waals surface area contributed by atoms with Crippen LogP contribution in [0.1, 0.15) is 16.8 Å². The van der Waals surface area contributed by atoms with Gasteiger partial charge in [0.15, 0.2) is 0 Å². The molecule has 2 rings (SSSR count). The van der Waals surface area contributed by atoms with E-state index >= 15 is 0 Å². The van der Waals surface area contributed by atoms with E-state index in [1.54, 1.807) is 17.1 Å². The van der Waals surface area contributed by atoms with Crippen molar-refractivity contribution >= 4 is 5.91 Å². The Morgan fingerprint density at radius 3 is 2.64 bits per heavy atom. The number of phenols is 1. The number of hydrogen-bond donors (Lipinski definition) is 2. The van der Waals surface area contributed by atoms with Gasteiger partial charge in [-0.15, -0.1) is 0 Å². The third-order valence-corrected chi connectivity index (χ3v) is 2.22. The molecule has 0 aliphatic carbocycles. The zero-order chi connectivity index (χ0) is 9.97. The van der Waals surface area contributed by atoms with E-state index in [1.807, 2.05) is 0 Å². The summed E-state index contributed by atoms with van der Waals surface area (Å²) < 4.78 is 0. The minimum absolute atomic E-state index is 0.0394. The highest BCUT2D eigenvalue weighted by molar-refractivity contribution is 5.94. The highest BCUT2D eigenvalue weighted by atomic mass is 16.3. The molecule has 1 fully saturated rings. The average molecular weight is 192 g/mol. The molecule has 1 saturated heterocycles. The molecule has 0 radical (unpaired) electrons. The van der Waals surface area contributed by atoms with Crippen LogP contribution in [0.3, 0.4) is 0 Å². The number of carbonyl (C=O) groups excluding carboxylic acids is 1. The van der Waals surface area contributed by atoms with Gasteiger partial charge in [0.1, 0.15) is 5.75 Å². The molecule has 1 aliphatic rings. The summed E-state index contributed by atoms with van der Waals surface area (Å²) in [5, 5.41) is 10.7. The zero-order valence-electron chi connectivity index (χ0n) is 7.73. The van der Waals surface area contributed by atoms with E-state index in [-0.39, 0.29) is 11.7 Å². The fourth-order valence-electron chi connectivity index (χ4n) is 1.46. The Labute approximate surface area is 82.1 Å². The maximum atomic E-state index is 11.7. The van der Waals surface area contributed by atoms with Gasteiger partial charge in [0.2, 0.25) is 0 Å². The molecular weight excluding hydrogens is 180 g/mol. The van der Waals surface area contributed by atoms with E-state index in [0.717, 1.165) is 19.5 Å². The van der Waals surface area contributed by atoms with Crippen LogP contribution >= 0.6 is 0 Å². The molecule has 14 heavy (non-hydrogen) atoms. The summed E-state index contributed by atoms with van der Waals surface area (Å²) in [5.41, 5.74) is 3.59. The van der Waals surface area contributed by atoms with Gasteiger partial charge in [-0.3, -0.25) is 9.80 Å². The van der Waals surface area contributed by atoms with Gasteiger partial charge in [-0.05, 0) is 30.7 Å². The Bertz CT molecular complexity index is 328. The largest absolute Gasteiger partial charge is 0.508 e. The number of nitrogens with one attached hydrogen (secondary N) is 1. The van der Waals surface area contributed by atoms with Crippen LogP contribution in [0.5, 0.6) is 5.75 Å².